The van der Waals surface area contributed by atoms with Crippen LogP contribution in [0.25, 0.3) is 0 Å². The Balaban J connectivity index is 1.71. The Labute approximate surface area is 177 Å². The minimum atomic E-state index is -3.90. The molecule has 2 aromatic rings. The first-order chi connectivity index (χ1) is 14.3. The molecule has 1 fully saturated rings. The third-order valence-electron chi connectivity index (χ3n) is 5.50. The van der Waals surface area contributed by atoms with Crippen LogP contribution in [-0.4, -0.2) is 32.3 Å². The Bertz CT molecular complexity index is 1060. The Hall–Kier alpha value is -2.85. The quantitative estimate of drug-likeness (QED) is 0.492. The normalized spacial score (nSPS) is 15.4. The van der Waals surface area contributed by atoms with Crippen molar-refractivity contribution in [3.63, 3.8) is 0 Å². The highest BCUT2D eigenvalue weighted by atomic mass is 32.2. The van der Waals surface area contributed by atoms with Crippen LogP contribution >= 0.6 is 0 Å². The van der Waals surface area contributed by atoms with Gasteiger partial charge in [0, 0.05) is 0 Å². The van der Waals surface area contributed by atoms with Gasteiger partial charge >= 0.3 is 5.97 Å². The molecule has 0 aromatic heterocycles. The molecular weight excluding hydrogens is 402 g/mol. The zero-order valence-corrected chi connectivity index (χ0v) is 18.0. The van der Waals surface area contributed by atoms with Gasteiger partial charge in [-0.1, -0.05) is 25.0 Å². The molecule has 0 heterocycles. The monoisotopic (exact) mass is 427 g/mol. The van der Waals surface area contributed by atoms with Gasteiger partial charge in [-0.25, -0.2) is 8.42 Å². The van der Waals surface area contributed by atoms with Crippen molar-refractivity contribution in [1.82, 2.24) is 0 Å². The summed E-state index contributed by atoms with van der Waals surface area (Å²) < 4.78 is 36.4. The average Bonchev–Trinajstić information content (AvgIpc) is 3.25. The van der Waals surface area contributed by atoms with Gasteiger partial charge in [-0.2, -0.15) is 5.26 Å². The van der Waals surface area contributed by atoms with E-state index in [2.05, 4.69) is 0 Å². The molecule has 158 valence electrons. The highest BCUT2D eigenvalue weighted by Crippen LogP contribution is 2.42. The summed E-state index contributed by atoms with van der Waals surface area (Å²) in [4.78, 5) is 13.2. The van der Waals surface area contributed by atoms with Gasteiger partial charge in [0.25, 0.3) is 0 Å². The maximum Gasteiger partial charge on any atom is 0.327 e. The molecule has 0 spiro atoms. The lowest BCUT2D eigenvalue weighted by atomic mass is 10.1. The number of hydrogen-bond acceptors (Lipinski definition) is 6. The van der Waals surface area contributed by atoms with Crippen LogP contribution in [0.5, 0.6) is 5.75 Å². The smallest absolute Gasteiger partial charge is 0.327 e. The number of nitriles is 1. The number of hydrogen-bond donors (Lipinski definition) is 0. The maximum atomic E-state index is 13.5. The lowest BCUT2D eigenvalue weighted by Gasteiger charge is -2.27. The summed E-state index contributed by atoms with van der Waals surface area (Å²) in [5.41, 5.74) is 1.98. The summed E-state index contributed by atoms with van der Waals surface area (Å²) in [6.45, 7) is 3.62. The third kappa shape index (κ3) is 4.19. The van der Waals surface area contributed by atoms with E-state index >= 15 is 0 Å². The minimum Gasteiger partial charge on any atom is -0.490 e. The molecule has 1 saturated carbocycles. The zero-order valence-electron chi connectivity index (χ0n) is 17.2. The fraction of sp³-hybridized carbons (Fsp3) is 0.391. The van der Waals surface area contributed by atoms with E-state index in [0.717, 1.165) is 5.56 Å². The molecule has 0 bridgehead atoms. The van der Waals surface area contributed by atoms with E-state index in [-0.39, 0.29) is 31.0 Å². The molecule has 1 aliphatic carbocycles. The second-order valence-corrected chi connectivity index (χ2v) is 9.82. The summed E-state index contributed by atoms with van der Waals surface area (Å²) in [5, 5.41) is 8.81. The fourth-order valence-corrected chi connectivity index (χ4v) is 6.15. The number of carbonyl (C=O) groups excluding carboxylic acids is 1. The Morgan fingerprint density at radius 2 is 1.73 bits per heavy atom. The van der Waals surface area contributed by atoms with Crippen LogP contribution in [0.4, 0.5) is 0 Å². The van der Waals surface area contributed by atoms with Crippen molar-refractivity contribution in [1.29, 1.82) is 5.26 Å². The number of aryl methyl sites for hydroxylation is 2. The molecule has 3 rings (SSSR count). The molecule has 30 heavy (non-hydrogen) atoms. The number of carbonyl (C=O) groups is 1. The first kappa shape index (κ1) is 21.8. The molecular formula is C23H25NO5S. The van der Waals surface area contributed by atoms with E-state index in [9.17, 15) is 13.2 Å². The van der Waals surface area contributed by atoms with Gasteiger partial charge < -0.3 is 9.47 Å². The Morgan fingerprint density at radius 1 is 1.07 bits per heavy atom. The van der Waals surface area contributed by atoms with Crippen molar-refractivity contribution in [2.45, 2.75) is 49.2 Å². The summed E-state index contributed by atoms with van der Waals surface area (Å²) >= 11 is 0. The van der Waals surface area contributed by atoms with E-state index in [0.29, 0.717) is 29.7 Å². The molecule has 0 amide bonds. The minimum absolute atomic E-state index is 0.0527. The standard InChI is InChI=1S/C23H25NO5S/c1-17-5-6-18(2)21(15-17)30(26,27)23(11-3-4-12-23)22(25)29-14-13-28-20-9-7-19(16-24)8-10-20/h5-10,15H,3-4,11-14H2,1-2H3. The second kappa shape index (κ2) is 8.88. The van der Waals surface area contributed by atoms with E-state index in [1.807, 2.05) is 19.1 Å². The molecule has 0 atom stereocenters. The lowest BCUT2D eigenvalue weighted by molar-refractivity contribution is -0.147. The number of rotatable bonds is 7. The van der Waals surface area contributed by atoms with Gasteiger partial charge in [-0.05, 0) is 68.1 Å². The van der Waals surface area contributed by atoms with Crippen molar-refractivity contribution in [3.05, 3.63) is 59.2 Å². The molecule has 0 saturated heterocycles. The average molecular weight is 428 g/mol. The summed E-state index contributed by atoms with van der Waals surface area (Å²) in [6.07, 6.45) is 1.86. The van der Waals surface area contributed by atoms with Gasteiger partial charge in [0.1, 0.15) is 19.0 Å². The number of ether oxygens (including phenoxy) is 2. The first-order valence-corrected chi connectivity index (χ1v) is 11.4. The Morgan fingerprint density at radius 3 is 2.37 bits per heavy atom. The topological polar surface area (TPSA) is 93.5 Å². The van der Waals surface area contributed by atoms with Gasteiger partial charge in [0.2, 0.25) is 0 Å². The molecule has 0 aliphatic heterocycles. The van der Waals surface area contributed by atoms with Crippen LogP contribution in [0.15, 0.2) is 47.4 Å². The van der Waals surface area contributed by atoms with Crippen LogP contribution in [0, 0.1) is 25.2 Å². The lowest BCUT2D eigenvalue weighted by Crippen LogP contribution is -2.45. The van der Waals surface area contributed by atoms with Gasteiger partial charge in [-0.3, -0.25) is 4.79 Å². The largest absolute Gasteiger partial charge is 0.490 e. The van der Waals surface area contributed by atoms with Gasteiger partial charge in [-0.15, -0.1) is 0 Å². The van der Waals surface area contributed by atoms with Crippen molar-refractivity contribution < 1.29 is 22.7 Å². The molecule has 1 aliphatic rings. The van der Waals surface area contributed by atoms with E-state index < -0.39 is 20.6 Å². The van der Waals surface area contributed by atoms with E-state index in [4.69, 9.17) is 14.7 Å². The highest BCUT2D eigenvalue weighted by molar-refractivity contribution is 7.93. The first-order valence-electron chi connectivity index (χ1n) is 9.92. The number of nitrogens with zero attached hydrogens (tertiary/aromatic N) is 1. The highest BCUT2D eigenvalue weighted by Gasteiger charge is 2.54. The SMILES string of the molecule is Cc1ccc(C)c(S(=O)(=O)C2(C(=O)OCCOc3ccc(C#N)cc3)CCCC2)c1. The maximum absolute atomic E-state index is 13.5. The second-order valence-electron chi connectivity index (χ2n) is 7.59. The number of esters is 1. The van der Waals surface area contributed by atoms with Crippen molar-refractivity contribution in [2.24, 2.45) is 0 Å². The van der Waals surface area contributed by atoms with Crippen LogP contribution in [0.3, 0.4) is 0 Å². The van der Waals surface area contributed by atoms with Gasteiger partial charge in [0.05, 0.1) is 16.5 Å². The van der Waals surface area contributed by atoms with Crippen LogP contribution in [0.2, 0.25) is 0 Å². The van der Waals surface area contributed by atoms with Crippen LogP contribution in [-0.2, 0) is 19.4 Å². The molecule has 0 unspecified atom stereocenters. The predicted octanol–water partition coefficient (Wildman–Crippen LogP) is 3.88. The van der Waals surface area contributed by atoms with E-state index in [1.54, 1.807) is 43.3 Å². The molecule has 0 radical (unpaired) electrons. The zero-order chi connectivity index (χ0) is 21.8. The third-order valence-corrected chi connectivity index (χ3v) is 8.12. The van der Waals surface area contributed by atoms with Gasteiger partial charge in [0.15, 0.2) is 14.6 Å². The molecule has 2 aromatic carbocycles. The van der Waals surface area contributed by atoms with Crippen molar-refractivity contribution in [2.75, 3.05) is 13.2 Å². The fourth-order valence-electron chi connectivity index (χ4n) is 3.79. The number of benzene rings is 2. The van der Waals surface area contributed by atoms with E-state index in [1.165, 1.54) is 0 Å². The van der Waals surface area contributed by atoms with Crippen LogP contribution < -0.4 is 4.74 Å². The molecule has 0 N–H and O–H groups in total. The summed E-state index contributed by atoms with van der Waals surface area (Å²) in [5.74, 6) is -0.159. The van der Waals surface area contributed by atoms with Crippen LogP contribution in [0.1, 0.15) is 42.4 Å². The van der Waals surface area contributed by atoms with Crippen molar-refractivity contribution >= 4 is 15.8 Å². The molecule has 7 heteroatoms. The van der Waals surface area contributed by atoms with Crippen molar-refractivity contribution in [3.8, 4) is 11.8 Å². The molecule has 6 nitrogen and oxygen atoms in total. The summed E-state index contributed by atoms with van der Waals surface area (Å²) in [6, 6.07) is 13.9. The predicted molar refractivity (Wildman–Crippen MR) is 112 cm³/mol. The summed E-state index contributed by atoms with van der Waals surface area (Å²) in [7, 11) is -3.90. The number of sulfone groups is 1. The Kier molecular flexibility index (Phi) is 6.47.